The first-order chi connectivity index (χ1) is 5.70. The topological polar surface area (TPSA) is 26.3 Å². The SMILES string of the molecule is CCCCCC(=O)OC(I)CC. The lowest BCUT2D eigenvalue weighted by atomic mass is 10.2. The molecule has 0 amide bonds. The van der Waals surface area contributed by atoms with Gasteiger partial charge >= 0.3 is 5.97 Å². The fourth-order valence-corrected chi connectivity index (χ4v) is 1.09. The number of carbonyl (C=O) groups excluding carboxylic acids is 1. The number of hydrogen-bond donors (Lipinski definition) is 0. The molecule has 0 saturated heterocycles. The minimum Gasteiger partial charge on any atom is -0.452 e. The molecule has 0 spiro atoms. The third-order valence-electron chi connectivity index (χ3n) is 1.56. The molecule has 0 aliphatic carbocycles. The first kappa shape index (κ1) is 12.2. The number of halogens is 1. The predicted molar refractivity (Wildman–Crippen MR) is 58.3 cm³/mol. The standard InChI is InChI=1S/C9H17IO2/c1-3-5-6-7-9(11)12-8(10)4-2/h8H,3-7H2,1-2H3. The number of alkyl halides is 1. The summed E-state index contributed by atoms with van der Waals surface area (Å²) in [6.45, 7) is 4.13. The Balaban J connectivity index is 3.33. The van der Waals surface area contributed by atoms with Crippen LogP contribution in [0.5, 0.6) is 0 Å². The first-order valence-corrected chi connectivity index (χ1v) is 5.78. The van der Waals surface area contributed by atoms with Crippen LogP contribution in [0, 0.1) is 0 Å². The van der Waals surface area contributed by atoms with Crippen molar-refractivity contribution >= 4 is 28.6 Å². The van der Waals surface area contributed by atoms with Gasteiger partial charge in [0.2, 0.25) is 0 Å². The monoisotopic (exact) mass is 284 g/mol. The summed E-state index contributed by atoms with van der Waals surface area (Å²) in [5.74, 6) is -0.0512. The summed E-state index contributed by atoms with van der Waals surface area (Å²) in [6, 6.07) is 0. The Morgan fingerprint density at radius 1 is 1.42 bits per heavy atom. The molecule has 0 rings (SSSR count). The molecule has 0 aromatic rings. The maximum atomic E-state index is 11.1. The molecule has 0 radical (unpaired) electrons. The van der Waals surface area contributed by atoms with E-state index >= 15 is 0 Å². The van der Waals surface area contributed by atoms with Gasteiger partial charge in [0.1, 0.15) is 0 Å². The smallest absolute Gasteiger partial charge is 0.306 e. The van der Waals surface area contributed by atoms with Crippen LogP contribution < -0.4 is 0 Å². The summed E-state index contributed by atoms with van der Waals surface area (Å²) < 4.78 is 5.15. The molecular weight excluding hydrogens is 267 g/mol. The first-order valence-electron chi connectivity index (χ1n) is 4.54. The van der Waals surface area contributed by atoms with Gasteiger partial charge in [0.25, 0.3) is 0 Å². The van der Waals surface area contributed by atoms with Gasteiger partial charge in [0.15, 0.2) is 4.11 Å². The van der Waals surface area contributed by atoms with E-state index in [2.05, 4.69) is 29.5 Å². The van der Waals surface area contributed by atoms with E-state index in [9.17, 15) is 4.79 Å². The van der Waals surface area contributed by atoms with Crippen LogP contribution in [0.25, 0.3) is 0 Å². The maximum absolute atomic E-state index is 11.1. The highest BCUT2D eigenvalue weighted by Gasteiger charge is 2.07. The lowest BCUT2D eigenvalue weighted by molar-refractivity contribution is -0.144. The zero-order valence-electron chi connectivity index (χ0n) is 7.81. The third-order valence-corrected chi connectivity index (χ3v) is 2.70. The molecule has 3 heteroatoms. The van der Waals surface area contributed by atoms with Crippen LogP contribution in [-0.4, -0.2) is 10.1 Å². The fourth-order valence-electron chi connectivity index (χ4n) is 0.804. The van der Waals surface area contributed by atoms with Crippen molar-refractivity contribution in [1.29, 1.82) is 0 Å². The Kier molecular flexibility index (Phi) is 7.96. The Morgan fingerprint density at radius 2 is 2.08 bits per heavy atom. The molecule has 0 saturated carbocycles. The van der Waals surface area contributed by atoms with Crippen molar-refractivity contribution in [3.05, 3.63) is 0 Å². The summed E-state index contributed by atoms with van der Waals surface area (Å²) in [6.07, 6.45) is 4.69. The highest BCUT2D eigenvalue weighted by molar-refractivity contribution is 14.1. The van der Waals surface area contributed by atoms with Gasteiger partial charge in [-0.3, -0.25) is 4.79 Å². The van der Waals surface area contributed by atoms with Crippen molar-refractivity contribution in [1.82, 2.24) is 0 Å². The van der Waals surface area contributed by atoms with Crippen LogP contribution >= 0.6 is 22.6 Å². The van der Waals surface area contributed by atoms with Gasteiger partial charge in [0.05, 0.1) is 0 Å². The molecule has 1 atom stereocenters. The van der Waals surface area contributed by atoms with Gasteiger partial charge in [0, 0.05) is 6.42 Å². The Bertz CT molecular complexity index is 126. The second kappa shape index (κ2) is 7.83. The summed E-state index contributed by atoms with van der Waals surface area (Å²) in [4.78, 5) is 11.1. The van der Waals surface area contributed by atoms with E-state index in [1.165, 1.54) is 0 Å². The molecule has 0 aliphatic heterocycles. The largest absolute Gasteiger partial charge is 0.452 e. The van der Waals surface area contributed by atoms with E-state index < -0.39 is 0 Å². The van der Waals surface area contributed by atoms with Crippen molar-refractivity contribution in [3.8, 4) is 0 Å². The quantitative estimate of drug-likeness (QED) is 0.324. The number of carbonyl (C=O) groups is 1. The van der Waals surface area contributed by atoms with E-state index in [0.29, 0.717) is 6.42 Å². The van der Waals surface area contributed by atoms with Crippen LogP contribution in [0.1, 0.15) is 46.0 Å². The number of esters is 1. The average molecular weight is 284 g/mol. The van der Waals surface area contributed by atoms with E-state index in [4.69, 9.17) is 4.74 Å². The molecule has 1 unspecified atom stereocenters. The molecule has 0 aromatic carbocycles. The van der Waals surface area contributed by atoms with E-state index in [1.54, 1.807) is 0 Å². The van der Waals surface area contributed by atoms with Crippen LogP contribution in [0.3, 0.4) is 0 Å². The number of rotatable bonds is 6. The number of hydrogen-bond acceptors (Lipinski definition) is 2. The second-order valence-electron chi connectivity index (χ2n) is 2.77. The van der Waals surface area contributed by atoms with E-state index in [0.717, 1.165) is 25.7 Å². The lowest BCUT2D eigenvalue weighted by Crippen LogP contribution is -2.10. The van der Waals surface area contributed by atoms with Gasteiger partial charge in [-0.05, 0) is 35.4 Å². The van der Waals surface area contributed by atoms with Crippen molar-refractivity contribution < 1.29 is 9.53 Å². The van der Waals surface area contributed by atoms with Crippen LogP contribution in [0.15, 0.2) is 0 Å². The fraction of sp³-hybridized carbons (Fsp3) is 0.889. The van der Waals surface area contributed by atoms with E-state index in [1.807, 2.05) is 6.92 Å². The molecule has 0 bridgehead atoms. The summed E-state index contributed by atoms with van der Waals surface area (Å²) in [5, 5.41) is 0. The second-order valence-corrected chi connectivity index (χ2v) is 4.15. The molecule has 72 valence electrons. The third kappa shape index (κ3) is 6.88. The summed E-state index contributed by atoms with van der Waals surface area (Å²) in [5.41, 5.74) is 0. The van der Waals surface area contributed by atoms with E-state index in [-0.39, 0.29) is 10.1 Å². The van der Waals surface area contributed by atoms with Crippen molar-refractivity contribution in [2.45, 2.75) is 50.1 Å². The Labute approximate surface area is 88.2 Å². The van der Waals surface area contributed by atoms with Crippen LogP contribution in [-0.2, 0) is 9.53 Å². The Hall–Kier alpha value is 0.200. The van der Waals surface area contributed by atoms with Gasteiger partial charge in [-0.1, -0.05) is 26.7 Å². The summed E-state index contributed by atoms with van der Waals surface area (Å²) >= 11 is 2.14. The molecule has 12 heavy (non-hydrogen) atoms. The normalized spacial score (nSPS) is 12.6. The van der Waals surface area contributed by atoms with Gasteiger partial charge in [-0.25, -0.2) is 0 Å². The highest BCUT2D eigenvalue weighted by atomic mass is 127. The van der Waals surface area contributed by atoms with Crippen molar-refractivity contribution in [2.75, 3.05) is 0 Å². The van der Waals surface area contributed by atoms with Crippen molar-refractivity contribution in [3.63, 3.8) is 0 Å². The summed E-state index contributed by atoms with van der Waals surface area (Å²) in [7, 11) is 0. The molecule has 0 fully saturated rings. The molecule has 0 aromatic heterocycles. The van der Waals surface area contributed by atoms with Crippen molar-refractivity contribution in [2.24, 2.45) is 0 Å². The zero-order chi connectivity index (χ0) is 9.40. The minimum absolute atomic E-state index is 0.0512. The Morgan fingerprint density at radius 3 is 2.58 bits per heavy atom. The van der Waals surface area contributed by atoms with Gasteiger partial charge in [-0.2, -0.15) is 0 Å². The highest BCUT2D eigenvalue weighted by Crippen LogP contribution is 2.09. The zero-order valence-corrected chi connectivity index (χ0v) is 9.96. The average Bonchev–Trinajstić information content (AvgIpc) is 2.05. The minimum atomic E-state index is -0.0512. The van der Waals surface area contributed by atoms with Gasteiger partial charge < -0.3 is 4.74 Å². The van der Waals surface area contributed by atoms with Crippen LogP contribution in [0.4, 0.5) is 0 Å². The molecule has 0 heterocycles. The van der Waals surface area contributed by atoms with Gasteiger partial charge in [-0.15, -0.1) is 0 Å². The molecule has 0 N–H and O–H groups in total. The molecular formula is C9H17IO2. The molecule has 0 aliphatic rings. The van der Waals surface area contributed by atoms with Crippen LogP contribution in [0.2, 0.25) is 0 Å². The molecule has 2 nitrogen and oxygen atoms in total. The predicted octanol–water partition coefficient (Wildman–Crippen LogP) is 3.28. The number of ether oxygens (including phenoxy) is 1. The lowest BCUT2D eigenvalue weighted by Gasteiger charge is -2.08. The maximum Gasteiger partial charge on any atom is 0.306 e. The number of unbranched alkanes of at least 4 members (excludes halogenated alkanes) is 2.